The minimum absolute atomic E-state index is 0.250. The molecule has 1 aromatic carbocycles. The molecule has 120 valence electrons. The summed E-state index contributed by atoms with van der Waals surface area (Å²) in [6.07, 6.45) is 3.66. The normalized spacial score (nSPS) is 19.4. The Morgan fingerprint density at radius 3 is 2.87 bits per heavy atom. The summed E-state index contributed by atoms with van der Waals surface area (Å²) in [6.45, 7) is 1.84. The first-order valence-electron chi connectivity index (χ1n) is 7.94. The standard InChI is InChI=1S/C18H21N3O2/c19-11-14-5-7-16(8-6-14)23-13-15(22)12-21-10-2-4-18(21)17-3-1-9-20-17/h1,3,5-9,15,18,20,22H,2,4,10,12-13H2/t15-,18+/m1/s1. The fourth-order valence-electron chi connectivity index (χ4n) is 3.09. The first-order valence-corrected chi connectivity index (χ1v) is 7.94. The summed E-state index contributed by atoms with van der Waals surface area (Å²) in [5.41, 5.74) is 1.81. The number of benzene rings is 1. The Bertz CT molecular complexity index is 646. The van der Waals surface area contributed by atoms with E-state index in [-0.39, 0.29) is 6.61 Å². The zero-order valence-electron chi connectivity index (χ0n) is 13.0. The third-order valence-electron chi connectivity index (χ3n) is 4.22. The van der Waals surface area contributed by atoms with E-state index in [0.29, 0.717) is 23.9 Å². The fourth-order valence-corrected chi connectivity index (χ4v) is 3.09. The third-order valence-corrected chi connectivity index (χ3v) is 4.22. The largest absolute Gasteiger partial charge is 0.491 e. The van der Waals surface area contributed by atoms with Crippen LogP contribution in [0.4, 0.5) is 0 Å². The second-order valence-electron chi connectivity index (χ2n) is 5.88. The van der Waals surface area contributed by atoms with Crippen LogP contribution in [0.5, 0.6) is 5.75 Å². The van der Waals surface area contributed by atoms with Crippen molar-refractivity contribution in [3.63, 3.8) is 0 Å². The average Bonchev–Trinajstić information content (AvgIpc) is 3.24. The first-order chi connectivity index (χ1) is 11.3. The summed E-state index contributed by atoms with van der Waals surface area (Å²) in [5.74, 6) is 0.672. The molecule has 0 radical (unpaired) electrons. The second kappa shape index (κ2) is 7.32. The van der Waals surface area contributed by atoms with Crippen LogP contribution in [-0.2, 0) is 0 Å². The third kappa shape index (κ3) is 3.92. The molecule has 1 fully saturated rings. The van der Waals surface area contributed by atoms with Crippen molar-refractivity contribution >= 4 is 0 Å². The monoisotopic (exact) mass is 311 g/mol. The molecule has 1 aliphatic rings. The average molecular weight is 311 g/mol. The second-order valence-corrected chi connectivity index (χ2v) is 5.88. The Kier molecular flexibility index (Phi) is 4.96. The quantitative estimate of drug-likeness (QED) is 0.859. The summed E-state index contributed by atoms with van der Waals surface area (Å²) in [5, 5.41) is 19.0. The molecule has 0 saturated carbocycles. The number of aliphatic hydroxyl groups is 1. The highest BCUT2D eigenvalue weighted by atomic mass is 16.5. The van der Waals surface area contributed by atoms with Crippen molar-refractivity contribution in [1.29, 1.82) is 5.26 Å². The number of aliphatic hydroxyl groups excluding tert-OH is 1. The van der Waals surface area contributed by atoms with Crippen LogP contribution in [0, 0.1) is 11.3 Å². The Labute approximate surface area is 136 Å². The summed E-state index contributed by atoms with van der Waals surface area (Å²) in [7, 11) is 0. The molecule has 0 unspecified atom stereocenters. The molecule has 0 aliphatic carbocycles. The van der Waals surface area contributed by atoms with Crippen molar-refractivity contribution in [1.82, 2.24) is 9.88 Å². The maximum Gasteiger partial charge on any atom is 0.119 e. The van der Waals surface area contributed by atoms with Gasteiger partial charge in [-0.3, -0.25) is 4.90 Å². The molecule has 5 nitrogen and oxygen atoms in total. The predicted molar refractivity (Wildman–Crippen MR) is 87.0 cm³/mol. The maximum absolute atomic E-state index is 10.3. The highest BCUT2D eigenvalue weighted by molar-refractivity contribution is 5.34. The Hall–Kier alpha value is -2.29. The van der Waals surface area contributed by atoms with Gasteiger partial charge in [0.05, 0.1) is 11.6 Å². The summed E-state index contributed by atoms with van der Waals surface area (Å²) in [4.78, 5) is 5.57. The molecule has 0 bridgehead atoms. The van der Waals surface area contributed by atoms with Crippen LogP contribution in [0.1, 0.15) is 30.1 Å². The lowest BCUT2D eigenvalue weighted by Crippen LogP contribution is -2.35. The van der Waals surface area contributed by atoms with Gasteiger partial charge in [0.25, 0.3) is 0 Å². The highest BCUT2D eigenvalue weighted by Gasteiger charge is 2.28. The molecule has 0 spiro atoms. The molecule has 1 saturated heterocycles. The van der Waals surface area contributed by atoms with Crippen LogP contribution in [-0.4, -0.2) is 40.8 Å². The van der Waals surface area contributed by atoms with Crippen LogP contribution in [0.2, 0.25) is 0 Å². The number of aromatic amines is 1. The Balaban J connectivity index is 1.50. The summed E-state index contributed by atoms with van der Waals surface area (Å²) >= 11 is 0. The van der Waals surface area contributed by atoms with Crippen LogP contribution < -0.4 is 4.74 Å². The number of aromatic nitrogens is 1. The lowest BCUT2D eigenvalue weighted by atomic mass is 10.1. The van der Waals surface area contributed by atoms with Crippen molar-refractivity contribution in [2.75, 3.05) is 19.7 Å². The summed E-state index contributed by atoms with van der Waals surface area (Å²) < 4.78 is 5.61. The topological polar surface area (TPSA) is 72.3 Å². The molecule has 2 heterocycles. The van der Waals surface area contributed by atoms with Gasteiger partial charge in [-0.1, -0.05) is 0 Å². The van der Waals surface area contributed by atoms with E-state index in [4.69, 9.17) is 10.00 Å². The van der Waals surface area contributed by atoms with Crippen molar-refractivity contribution in [3.8, 4) is 11.8 Å². The molecule has 2 atom stereocenters. The van der Waals surface area contributed by atoms with Crippen LogP contribution in [0.3, 0.4) is 0 Å². The smallest absolute Gasteiger partial charge is 0.119 e. The number of likely N-dealkylation sites (tertiary alicyclic amines) is 1. The lowest BCUT2D eigenvalue weighted by Gasteiger charge is -2.26. The van der Waals surface area contributed by atoms with Gasteiger partial charge in [-0.05, 0) is 55.8 Å². The van der Waals surface area contributed by atoms with E-state index in [1.807, 2.05) is 12.3 Å². The van der Waals surface area contributed by atoms with Crippen LogP contribution in [0.25, 0.3) is 0 Å². The fraction of sp³-hybridized carbons (Fsp3) is 0.389. The zero-order valence-corrected chi connectivity index (χ0v) is 13.0. The van der Waals surface area contributed by atoms with Gasteiger partial charge in [-0.25, -0.2) is 0 Å². The number of nitrogens with one attached hydrogen (secondary N) is 1. The van der Waals surface area contributed by atoms with Gasteiger partial charge in [0, 0.05) is 24.5 Å². The number of β-amino-alcohol motifs (C(OH)–C–C–N with tert-alkyl or cyclic N) is 1. The number of hydrogen-bond acceptors (Lipinski definition) is 4. The highest BCUT2D eigenvalue weighted by Crippen LogP contribution is 2.30. The van der Waals surface area contributed by atoms with E-state index in [1.54, 1.807) is 24.3 Å². The van der Waals surface area contributed by atoms with Crippen LogP contribution >= 0.6 is 0 Å². The van der Waals surface area contributed by atoms with Gasteiger partial charge in [-0.15, -0.1) is 0 Å². The van der Waals surface area contributed by atoms with E-state index in [2.05, 4.69) is 22.0 Å². The molecule has 2 N–H and O–H groups in total. The van der Waals surface area contributed by atoms with E-state index < -0.39 is 6.10 Å². The molecule has 1 aliphatic heterocycles. The molecular weight excluding hydrogens is 290 g/mol. The van der Waals surface area contributed by atoms with E-state index in [1.165, 1.54) is 5.69 Å². The van der Waals surface area contributed by atoms with Gasteiger partial charge in [-0.2, -0.15) is 5.26 Å². The molecule has 2 aromatic rings. The number of H-pyrrole nitrogens is 1. The molecule has 3 rings (SSSR count). The van der Waals surface area contributed by atoms with Crippen molar-refractivity contribution in [2.24, 2.45) is 0 Å². The van der Waals surface area contributed by atoms with E-state index >= 15 is 0 Å². The first kappa shape index (κ1) is 15.6. The van der Waals surface area contributed by atoms with Crippen molar-refractivity contribution in [2.45, 2.75) is 25.0 Å². The minimum atomic E-state index is -0.541. The van der Waals surface area contributed by atoms with Gasteiger partial charge in [0.1, 0.15) is 18.5 Å². The number of rotatable bonds is 6. The maximum atomic E-state index is 10.3. The van der Waals surface area contributed by atoms with Gasteiger partial charge in [0.15, 0.2) is 0 Å². The number of nitrogens with zero attached hydrogens (tertiary/aromatic N) is 2. The number of ether oxygens (including phenoxy) is 1. The van der Waals surface area contributed by atoms with Gasteiger partial charge in [0.2, 0.25) is 0 Å². The van der Waals surface area contributed by atoms with Crippen LogP contribution in [0.15, 0.2) is 42.6 Å². The zero-order chi connectivity index (χ0) is 16.1. The molecule has 5 heteroatoms. The Morgan fingerprint density at radius 2 is 2.17 bits per heavy atom. The Morgan fingerprint density at radius 1 is 1.35 bits per heavy atom. The van der Waals surface area contributed by atoms with E-state index in [0.717, 1.165) is 19.4 Å². The van der Waals surface area contributed by atoms with Crippen molar-refractivity contribution in [3.05, 3.63) is 53.9 Å². The molecule has 0 amide bonds. The number of nitriles is 1. The minimum Gasteiger partial charge on any atom is -0.491 e. The van der Waals surface area contributed by atoms with Gasteiger partial charge < -0.3 is 14.8 Å². The van der Waals surface area contributed by atoms with Gasteiger partial charge >= 0.3 is 0 Å². The predicted octanol–water partition coefficient (Wildman–Crippen LogP) is 2.46. The molecule has 23 heavy (non-hydrogen) atoms. The lowest BCUT2D eigenvalue weighted by molar-refractivity contribution is 0.0634. The number of hydrogen-bond donors (Lipinski definition) is 2. The molecular formula is C18H21N3O2. The van der Waals surface area contributed by atoms with Crippen molar-refractivity contribution < 1.29 is 9.84 Å². The summed E-state index contributed by atoms with van der Waals surface area (Å²) in [6, 6.07) is 13.5. The SMILES string of the molecule is N#Cc1ccc(OC[C@H](O)CN2CCC[C@H]2c2ccc[nH]2)cc1. The molecule has 1 aromatic heterocycles. The van der Waals surface area contributed by atoms with E-state index in [9.17, 15) is 5.11 Å².